The fourth-order valence-electron chi connectivity index (χ4n) is 2.22. The fourth-order valence-corrected chi connectivity index (χ4v) is 2.22. The summed E-state index contributed by atoms with van der Waals surface area (Å²) in [6, 6.07) is 12.0. The maximum Gasteiger partial charge on any atom is 0.224 e. The minimum absolute atomic E-state index is 0.0335. The molecule has 1 N–H and O–H groups in total. The Morgan fingerprint density at radius 3 is 2.48 bits per heavy atom. The first-order valence-electron chi connectivity index (χ1n) is 8.22. The van der Waals surface area contributed by atoms with Gasteiger partial charge in [0.2, 0.25) is 5.91 Å². The van der Waals surface area contributed by atoms with Crippen LogP contribution in [0.3, 0.4) is 0 Å². The first kappa shape index (κ1) is 17.3. The van der Waals surface area contributed by atoms with Crippen molar-refractivity contribution in [1.29, 1.82) is 0 Å². The molecule has 0 aliphatic carbocycles. The summed E-state index contributed by atoms with van der Waals surface area (Å²) in [5, 5.41) is 2.89. The lowest BCUT2D eigenvalue weighted by molar-refractivity contribution is -0.120. The molecule has 1 aromatic carbocycles. The molecule has 1 heterocycles. The highest BCUT2D eigenvalue weighted by Crippen LogP contribution is 2.10. The van der Waals surface area contributed by atoms with Crippen molar-refractivity contribution in [2.75, 3.05) is 19.8 Å². The molecule has 124 valence electrons. The van der Waals surface area contributed by atoms with E-state index in [-0.39, 0.29) is 5.91 Å². The number of nitrogens with zero attached hydrogens (tertiary/aromatic N) is 1. The highest BCUT2D eigenvalue weighted by atomic mass is 16.5. The zero-order valence-electron chi connectivity index (χ0n) is 14.0. The van der Waals surface area contributed by atoms with E-state index < -0.39 is 0 Å². The monoisotopic (exact) mass is 314 g/mol. The van der Waals surface area contributed by atoms with Crippen LogP contribution in [-0.2, 0) is 16.0 Å². The number of carbonyl (C=O) groups excluding carboxylic acids is 1. The van der Waals surface area contributed by atoms with Crippen LogP contribution in [0.25, 0.3) is 5.69 Å². The molecule has 23 heavy (non-hydrogen) atoms. The number of carbonyl (C=O) groups is 1. The molecule has 0 aliphatic rings. The minimum Gasteiger partial charge on any atom is -0.380 e. The van der Waals surface area contributed by atoms with Gasteiger partial charge in [-0.3, -0.25) is 4.79 Å². The molecule has 4 heteroatoms. The van der Waals surface area contributed by atoms with E-state index in [9.17, 15) is 4.79 Å². The average molecular weight is 314 g/mol. The van der Waals surface area contributed by atoms with Crippen LogP contribution in [-0.4, -0.2) is 30.2 Å². The van der Waals surface area contributed by atoms with Crippen LogP contribution in [0, 0.1) is 5.92 Å². The number of aromatic nitrogens is 1. The number of rotatable bonds is 9. The Morgan fingerprint density at radius 2 is 1.83 bits per heavy atom. The van der Waals surface area contributed by atoms with Crippen LogP contribution in [0.1, 0.15) is 25.8 Å². The van der Waals surface area contributed by atoms with Gasteiger partial charge in [-0.2, -0.15) is 0 Å². The molecule has 2 rings (SSSR count). The second-order valence-corrected chi connectivity index (χ2v) is 6.08. The van der Waals surface area contributed by atoms with E-state index in [0.29, 0.717) is 25.5 Å². The van der Waals surface area contributed by atoms with Gasteiger partial charge in [-0.05, 0) is 42.2 Å². The van der Waals surface area contributed by atoms with Crippen LogP contribution >= 0.6 is 0 Å². The molecule has 0 saturated carbocycles. The van der Waals surface area contributed by atoms with E-state index in [1.807, 2.05) is 53.4 Å². The lowest BCUT2D eigenvalue weighted by Gasteiger charge is -2.08. The van der Waals surface area contributed by atoms with Gasteiger partial charge in [0, 0.05) is 31.2 Å². The first-order chi connectivity index (χ1) is 11.1. The molecule has 0 aliphatic heterocycles. The van der Waals surface area contributed by atoms with Crippen LogP contribution < -0.4 is 5.32 Å². The Balaban J connectivity index is 1.67. The minimum atomic E-state index is 0.0335. The summed E-state index contributed by atoms with van der Waals surface area (Å²) in [4.78, 5) is 11.9. The Morgan fingerprint density at radius 1 is 1.13 bits per heavy atom. The average Bonchev–Trinajstić information content (AvgIpc) is 3.05. The lowest BCUT2D eigenvalue weighted by atomic mass is 10.1. The van der Waals surface area contributed by atoms with Crippen molar-refractivity contribution in [3.05, 3.63) is 54.4 Å². The third-order valence-corrected chi connectivity index (χ3v) is 3.61. The second kappa shape index (κ2) is 9.16. The topological polar surface area (TPSA) is 43.3 Å². The van der Waals surface area contributed by atoms with Gasteiger partial charge in [0.1, 0.15) is 0 Å². The summed E-state index contributed by atoms with van der Waals surface area (Å²) in [6.07, 6.45) is 5.46. The third kappa shape index (κ3) is 6.28. The highest BCUT2D eigenvalue weighted by molar-refractivity contribution is 5.78. The fraction of sp³-hybridized carbons (Fsp3) is 0.421. The highest BCUT2D eigenvalue weighted by Gasteiger charge is 2.03. The van der Waals surface area contributed by atoms with Crippen molar-refractivity contribution in [3.63, 3.8) is 0 Å². The van der Waals surface area contributed by atoms with E-state index in [2.05, 4.69) is 19.2 Å². The van der Waals surface area contributed by atoms with Crippen molar-refractivity contribution < 1.29 is 9.53 Å². The van der Waals surface area contributed by atoms with Gasteiger partial charge < -0.3 is 14.6 Å². The Bertz CT molecular complexity index is 574. The molecule has 0 saturated heterocycles. The summed E-state index contributed by atoms with van der Waals surface area (Å²) in [6.45, 7) is 6.25. The van der Waals surface area contributed by atoms with Crippen LogP contribution in [0.4, 0.5) is 0 Å². The molecule has 4 nitrogen and oxygen atoms in total. The van der Waals surface area contributed by atoms with E-state index in [0.717, 1.165) is 24.3 Å². The summed E-state index contributed by atoms with van der Waals surface area (Å²) < 4.78 is 7.52. The molecule has 0 spiro atoms. The van der Waals surface area contributed by atoms with E-state index in [4.69, 9.17) is 4.74 Å². The van der Waals surface area contributed by atoms with E-state index in [1.54, 1.807) is 0 Å². The summed E-state index contributed by atoms with van der Waals surface area (Å²) in [5.74, 6) is 0.685. The molecule has 0 fully saturated rings. The van der Waals surface area contributed by atoms with Gasteiger partial charge >= 0.3 is 0 Å². The van der Waals surface area contributed by atoms with Gasteiger partial charge in [0.15, 0.2) is 0 Å². The number of ether oxygens (including phenoxy) is 1. The molecule has 1 amide bonds. The van der Waals surface area contributed by atoms with Crippen molar-refractivity contribution >= 4 is 5.91 Å². The van der Waals surface area contributed by atoms with Crippen LogP contribution in [0.15, 0.2) is 48.8 Å². The summed E-state index contributed by atoms with van der Waals surface area (Å²) in [7, 11) is 0. The number of amides is 1. The van der Waals surface area contributed by atoms with Gasteiger partial charge in [-0.25, -0.2) is 0 Å². The maximum absolute atomic E-state index is 11.9. The normalized spacial score (nSPS) is 10.9. The van der Waals surface area contributed by atoms with Crippen molar-refractivity contribution in [1.82, 2.24) is 9.88 Å². The van der Waals surface area contributed by atoms with Gasteiger partial charge in [-0.15, -0.1) is 0 Å². The number of nitrogens with one attached hydrogen (secondary N) is 1. The van der Waals surface area contributed by atoms with Crippen LogP contribution in [0.5, 0.6) is 0 Å². The van der Waals surface area contributed by atoms with Gasteiger partial charge in [0.25, 0.3) is 0 Å². The molecule has 2 aromatic rings. The van der Waals surface area contributed by atoms with Gasteiger partial charge in [0.05, 0.1) is 13.0 Å². The molecular weight excluding hydrogens is 288 g/mol. The summed E-state index contributed by atoms with van der Waals surface area (Å²) in [5.41, 5.74) is 2.11. The molecule has 0 radical (unpaired) electrons. The molecule has 0 unspecified atom stereocenters. The molecular formula is C19H26N2O2. The Kier molecular flexibility index (Phi) is 6.88. The summed E-state index contributed by atoms with van der Waals surface area (Å²) >= 11 is 0. The van der Waals surface area contributed by atoms with Crippen LogP contribution in [0.2, 0.25) is 0 Å². The Hall–Kier alpha value is -2.07. The number of benzene rings is 1. The van der Waals surface area contributed by atoms with Crippen molar-refractivity contribution in [2.24, 2.45) is 5.92 Å². The number of hydrogen-bond acceptors (Lipinski definition) is 2. The predicted molar refractivity (Wildman–Crippen MR) is 92.8 cm³/mol. The maximum atomic E-state index is 11.9. The van der Waals surface area contributed by atoms with E-state index >= 15 is 0 Å². The SMILES string of the molecule is CC(C)CCOCCNC(=O)Cc1ccc(-n2cccc2)cc1. The largest absolute Gasteiger partial charge is 0.380 e. The molecule has 0 atom stereocenters. The third-order valence-electron chi connectivity index (χ3n) is 3.61. The van der Waals surface area contributed by atoms with Crippen molar-refractivity contribution in [2.45, 2.75) is 26.7 Å². The van der Waals surface area contributed by atoms with Crippen molar-refractivity contribution in [3.8, 4) is 5.69 Å². The zero-order valence-corrected chi connectivity index (χ0v) is 14.0. The second-order valence-electron chi connectivity index (χ2n) is 6.08. The lowest BCUT2D eigenvalue weighted by Crippen LogP contribution is -2.28. The smallest absolute Gasteiger partial charge is 0.224 e. The van der Waals surface area contributed by atoms with E-state index in [1.165, 1.54) is 0 Å². The van der Waals surface area contributed by atoms with Gasteiger partial charge in [-0.1, -0.05) is 26.0 Å². The predicted octanol–water partition coefficient (Wildman–Crippen LogP) is 3.20. The standard InChI is InChI=1S/C19H26N2O2/c1-16(2)9-13-23-14-10-20-19(22)15-17-5-7-18(8-6-17)21-11-3-4-12-21/h3-8,11-12,16H,9-10,13-15H2,1-2H3,(H,20,22). The number of hydrogen-bond donors (Lipinski definition) is 1. The molecule has 0 bridgehead atoms. The molecule has 1 aromatic heterocycles. The Labute approximate surface area is 138 Å². The quantitative estimate of drug-likeness (QED) is 0.722. The first-order valence-corrected chi connectivity index (χ1v) is 8.22. The zero-order chi connectivity index (χ0) is 16.5.